The van der Waals surface area contributed by atoms with Gasteiger partial charge in [0.25, 0.3) is 0 Å². The minimum absolute atomic E-state index is 0.228. The standard InChI is InChI=1S/C8H12F3N3OS/c1-2-3-6-12-7(14-13-6)16-4-5(15)8(9,10)11/h5,15H,2-4H2,1H3,(H,12,13,14). The molecule has 4 nitrogen and oxygen atoms in total. The quantitative estimate of drug-likeness (QED) is 0.787. The zero-order valence-corrected chi connectivity index (χ0v) is 9.40. The zero-order chi connectivity index (χ0) is 12.2. The molecule has 8 heteroatoms. The molecule has 0 saturated carbocycles. The van der Waals surface area contributed by atoms with Crippen LogP contribution in [-0.4, -0.2) is 38.3 Å². The van der Waals surface area contributed by atoms with Gasteiger partial charge in [0.1, 0.15) is 5.82 Å². The second-order valence-electron chi connectivity index (χ2n) is 3.18. The predicted molar refractivity (Wildman–Crippen MR) is 53.2 cm³/mol. The average Bonchev–Trinajstić information content (AvgIpc) is 2.61. The van der Waals surface area contributed by atoms with Crippen molar-refractivity contribution >= 4 is 11.8 Å². The van der Waals surface area contributed by atoms with Gasteiger partial charge in [-0.3, -0.25) is 5.10 Å². The topological polar surface area (TPSA) is 61.8 Å². The maximum Gasteiger partial charge on any atom is 0.415 e. The number of aryl methyl sites for hydroxylation is 1. The molecule has 0 aliphatic heterocycles. The number of aliphatic hydroxyl groups is 1. The van der Waals surface area contributed by atoms with Gasteiger partial charge in [-0.1, -0.05) is 18.7 Å². The SMILES string of the molecule is CCCc1nc(SCC(O)C(F)(F)F)n[nH]1. The van der Waals surface area contributed by atoms with Gasteiger partial charge in [0, 0.05) is 12.2 Å². The van der Waals surface area contributed by atoms with Gasteiger partial charge < -0.3 is 5.11 Å². The lowest BCUT2D eigenvalue weighted by Crippen LogP contribution is -2.30. The molecule has 16 heavy (non-hydrogen) atoms. The van der Waals surface area contributed by atoms with Crippen molar-refractivity contribution in [1.82, 2.24) is 15.2 Å². The van der Waals surface area contributed by atoms with E-state index < -0.39 is 18.0 Å². The first-order valence-corrected chi connectivity index (χ1v) is 5.71. The molecule has 2 N–H and O–H groups in total. The second-order valence-corrected chi connectivity index (χ2v) is 4.17. The van der Waals surface area contributed by atoms with E-state index in [1.165, 1.54) is 0 Å². The molecule has 0 fully saturated rings. The van der Waals surface area contributed by atoms with E-state index in [9.17, 15) is 13.2 Å². The zero-order valence-electron chi connectivity index (χ0n) is 8.58. The predicted octanol–water partition coefficient (Wildman–Crippen LogP) is 1.77. The lowest BCUT2D eigenvalue weighted by atomic mass is 10.3. The van der Waals surface area contributed by atoms with Crippen molar-refractivity contribution in [2.75, 3.05) is 5.75 Å². The number of aromatic nitrogens is 3. The van der Waals surface area contributed by atoms with Crippen LogP contribution in [0.2, 0.25) is 0 Å². The van der Waals surface area contributed by atoms with E-state index in [1.807, 2.05) is 6.92 Å². The summed E-state index contributed by atoms with van der Waals surface area (Å²) >= 11 is 0.779. The number of aliphatic hydroxyl groups excluding tert-OH is 1. The van der Waals surface area contributed by atoms with Crippen LogP contribution in [0.5, 0.6) is 0 Å². The van der Waals surface area contributed by atoms with Crippen LogP contribution in [0, 0.1) is 0 Å². The van der Waals surface area contributed by atoms with E-state index in [2.05, 4.69) is 15.2 Å². The second kappa shape index (κ2) is 5.53. The molecule has 0 aliphatic carbocycles. The molecular formula is C8H12F3N3OS. The molecule has 0 aromatic carbocycles. The van der Waals surface area contributed by atoms with Crippen molar-refractivity contribution < 1.29 is 18.3 Å². The van der Waals surface area contributed by atoms with Gasteiger partial charge in [0.2, 0.25) is 5.16 Å². The van der Waals surface area contributed by atoms with Gasteiger partial charge >= 0.3 is 6.18 Å². The van der Waals surface area contributed by atoms with E-state index in [0.717, 1.165) is 18.2 Å². The Labute approximate surface area is 94.7 Å². The Hall–Kier alpha value is -0.760. The molecule has 0 aliphatic rings. The van der Waals surface area contributed by atoms with Crippen LogP contribution in [-0.2, 0) is 6.42 Å². The Morgan fingerprint density at radius 3 is 2.75 bits per heavy atom. The van der Waals surface area contributed by atoms with Crippen LogP contribution >= 0.6 is 11.8 Å². The van der Waals surface area contributed by atoms with Crippen LogP contribution in [0.15, 0.2) is 5.16 Å². The third kappa shape index (κ3) is 4.01. The largest absolute Gasteiger partial charge is 0.415 e. The van der Waals surface area contributed by atoms with Gasteiger partial charge in [0.15, 0.2) is 6.10 Å². The highest BCUT2D eigenvalue weighted by atomic mass is 32.2. The minimum Gasteiger partial charge on any atom is -0.383 e. The van der Waals surface area contributed by atoms with Crippen molar-refractivity contribution in [3.8, 4) is 0 Å². The first-order chi connectivity index (χ1) is 7.43. The molecule has 1 atom stereocenters. The monoisotopic (exact) mass is 255 g/mol. The number of hydrogen-bond acceptors (Lipinski definition) is 4. The maximum absolute atomic E-state index is 12.0. The Balaban J connectivity index is 2.42. The summed E-state index contributed by atoms with van der Waals surface area (Å²) < 4.78 is 35.9. The van der Waals surface area contributed by atoms with Crippen molar-refractivity contribution in [1.29, 1.82) is 0 Å². The van der Waals surface area contributed by atoms with Crippen molar-refractivity contribution in [2.24, 2.45) is 0 Å². The van der Waals surface area contributed by atoms with Gasteiger partial charge in [0.05, 0.1) is 0 Å². The van der Waals surface area contributed by atoms with Gasteiger partial charge in [-0.2, -0.15) is 13.2 Å². The molecule has 1 rings (SSSR count). The van der Waals surface area contributed by atoms with Crippen molar-refractivity contribution in [3.63, 3.8) is 0 Å². The van der Waals surface area contributed by atoms with Crippen LogP contribution in [0.3, 0.4) is 0 Å². The highest BCUT2D eigenvalue weighted by Crippen LogP contribution is 2.25. The van der Waals surface area contributed by atoms with Crippen LogP contribution < -0.4 is 0 Å². The van der Waals surface area contributed by atoms with E-state index in [0.29, 0.717) is 12.2 Å². The van der Waals surface area contributed by atoms with E-state index in [1.54, 1.807) is 0 Å². The maximum atomic E-state index is 12.0. The summed E-state index contributed by atoms with van der Waals surface area (Å²) in [5.41, 5.74) is 0. The summed E-state index contributed by atoms with van der Waals surface area (Å²) in [6.07, 6.45) is -5.35. The summed E-state index contributed by atoms with van der Waals surface area (Å²) in [5, 5.41) is 15.3. The Bertz CT molecular complexity index is 329. The molecule has 0 spiro atoms. The number of halogens is 3. The van der Waals surface area contributed by atoms with Gasteiger partial charge in [-0.25, -0.2) is 4.98 Å². The van der Waals surface area contributed by atoms with Crippen LogP contribution in [0.25, 0.3) is 0 Å². The number of nitrogens with zero attached hydrogens (tertiary/aromatic N) is 2. The third-order valence-corrected chi connectivity index (χ3v) is 2.67. The van der Waals surface area contributed by atoms with E-state index >= 15 is 0 Å². The molecule has 1 aromatic rings. The smallest absolute Gasteiger partial charge is 0.383 e. The van der Waals surface area contributed by atoms with E-state index in [4.69, 9.17) is 5.11 Å². The van der Waals surface area contributed by atoms with Gasteiger partial charge in [-0.15, -0.1) is 5.10 Å². The van der Waals surface area contributed by atoms with E-state index in [-0.39, 0.29) is 5.16 Å². The lowest BCUT2D eigenvalue weighted by Gasteiger charge is -2.12. The Morgan fingerprint density at radius 1 is 1.50 bits per heavy atom. The fourth-order valence-electron chi connectivity index (χ4n) is 0.939. The molecule has 1 unspecified atom stereocenters. The number of H-pyrrole nitrogens is 1. The number of alkyl halides is 3. The number of nitrogens with one attached hydrogen (secondary N) is 1. The fourth-order valence-corrected chi connectivity index (χ4v) is 1.72. The number of rotatable bonds is 5. The van der Waals surface area contributed by atoms with Gasteiger partial charge in [-0.05, 0) is 6.42 Å². The Kier molecular flexibility index (Phi) is 4.60. The summed E-state index contributed by atoms with van der Waals surface area (Å²) in [6, 6.07) is 0. The molecule has 1 aromatic heterocycles. The minimum atomic E-state index is -4.59. The van der Waals surface area contributed by atoms with Crippen molar-refractivity contribution in [3.05, 3.63) is 5.82 Å². The molecular weight excluding hydrogens is 243 g/mol. The summed E-state index contributed by atoms with van der Waals surface area (Å²) in [6.45, 7) is 1.96. The normalized spacial score (nSPS) is 14.1. The molecule has 0 saturated heterocycles. The Morgan fingerprint density at radius 2 is 2.19 bits per heavy atom. The summed E-state index contributed by atoms with van der Waals surface area (Å²) in [7, 11) is 0. The molecule has 0 bridgehead atoms. The molecule has 1 heterocycles. The highest BCUT2D eigenvalue weighted by molar-refractivity contribution is 7.99. The first-order valence-electron chi connectivity index (χ1n) is 4.72. The number of aromatic amines is 1. The highest BCUT2D eigenvalue weighted by Gasteiger charge is 2.38. The van der Waals surface area contributed by atoms with Crippen molar-refractivity contribution in [2.45, 2.75) is 37.2 Å². The summed E-state index contributed by atoms with van der Waals surface area (Å²) in [4.78, 5) is 3.97. The number of hydrogen-bond donors (Lipinski definition) is 2. The molecule has 92 valence electrons. The third-order valence-electron chi connectivity index (χ3n) is 1.75. The fraction of sp³-hybridized carbons (Fsp3) is 0.750. The lowest BCUT2D eigenvalue weighted by molar-refractivity contribution is -0.195. The molecule has 0 amide bonds. The average molecular weight is 255 g/mol. The molecule has 0 radical (unpaired) electrons. The number of thioether (sulfide) groups is 1. The summed E-state index contributed by atoms with van der Waals surface area (Å²) in [5.74, 6) is 0.152. The first kappa shape index (κ1) is 13.3. The van der Waals surface area contributed by atoms with Crippen LogP contribution in [0.4, 0.5) is 13.2 Å². The van der Waals surface area contributed by atoms with Crippen LogP contribution in [0.1, 0.15) is 19.2 Å².